The summed E-state index contributed by atoms with van der Waals surface area (Å²) in [5.74, 6) is 1.10. The third kappa shape index (κ3) is 4.98. The summed E-state index contributed by atoms with van der Waals surface area (Å²) in [7, 11) is 0. The average Bonchev–Trinajstić information content (AvgIpc) is 3.09. The van der Waals surface area contributed by atoms with Crippen molar-refractivity contribution in [2.75, 3.05) is 19.7 Å². The van der Waals surface area contributed by atoms with Gasteiger partial charge in [-0.25, -0.2) is 0 Å². The predicted molar refractivity (Wildman–Crippen MR) is 97.0 cm³/mol. The van der Waals surface area contributed by atoms with Crippen LogP contribution >= 0.6 is 0 Å². The highest BCUT2D eigenvalue weighted by atomic mass is 16.4. The summed E-state index contributed by atoms with van der Waals surface area (Å²) in [6.45, 7) is 4.08. The molecule has 0 aliphatic heterocycles. The topological polar surface area (TPSA) is 62.4 Å². The lowest BCUT2D eigenvalue weighted by molar-refractivity contribution is 0.180. The van der Waals surface area contributed by atoms with Crippen LogP contribution in [0.1, 0.15) is 17.0 Å². The molecule has 0 fully saturated rings. The molecule has 0 aliphatic carbocycles. The lowest BCUT2D eigenvalue weighted by Gasteiger charge is -2.19. The van der Waals surface area contributed by atoms with Crippen LogP contribution in [0.5, 0.6) is 0 Å². The predicted octanol–water partition coefficient (Wildman–Crippen LogP) is 3.08. The third-order valence-corrected chi connectivity index (χ3v) is 4.07. The number of nitrogens with zero attached hydrogens (tertiary/aromatic N) is 3. The van der Waals surface area contributed by atoms with E-state index in [1.165, 1.54) is 5.56 Å². The first-order chi connectivity index (χ1) is 12.2. The van der Waals surface area contributed by atoms with E-state index in [4.69, 9.17) is 4.42 Å². The van der Waals surface area contributed by atoms with E-state index in [2.05, 4.69) is 27.2 Å². The minimum Gasteiger partial charge on any atom is -0.419 e. The van der Waals surface area contributed by atoms with Crippen LogP contribution in [0, 0.1) is 6.92 Å². The molecule has 0 atom stereocenters. The highest BCUT2D eigenvalue weighted by Crippen LogP contribution is 2.19. The van der Waals surface area contributed by atoms with E-state index in [0.29, 0.717) is 24.9 Å². The van der Waals surface area contributed by atoms with E-state index in [1.54, 1.807) is 0 Å². The highest BCUT2D eigenvalue weighted by molar-refractivity contribution is 5.53. The molecular formula is C20H23N3O2. The lowest BCUT2D eigenvalue weighted by atomic mass is 10.1. The Balaban J connectivity index is 1.64. The summed E-state index contributed by atoms with van der Waals surface area (Å²) in [5.41, 5.74) is 3.36. The van der Waals surface area contributed by atoms with Crippen LogP contribution in [0.3, 0.4) is 0 Å². The number of hydrogen-bond acceptors (Lipinski definition) is 5. The van der Waals surface area contributed by atoms with Gasteiger partial charge in [-0.05, 0) is 31.0 Å². The lowest BCUT2D eigenvalue weighted by Crippen LogP contribution is -2.28. The van der Waals surface area contributed by atoms with Gasteiger partial charge in [0.25, 0.3) is 0 Å². The number of rotatable bonds is 8. The van der Waals surface area contributed by atoms with Crippen molar-refractivity contribution in [2.24, 2.45) is 0 Å². The number of aliphatic hydroxyl groups is 1. The Kier molecular flexibility index (Phi) is 5.93. The molecule has 0 saturated carbocycles. The summed E-state index contributed by atoms with van der Waals surface area (Å²) in [6.07, 6.45) is 0.916. The van der Waals surface area contributed by atoms with Crippen LogP contribution in [0.25, 0.3) is 11.5 Å². The molecule has 1 aromatic heterocycles. The number of hydrogen-bond donors (Lipinski definition) is 1. The zero-order chi connectivity index (χ0) is 17.5. The molecule has 0 bridgehead atoms. The fourth-order valence-electron chi connectivity index (χ4n) is 2.75. The molecule has 130 valence electrons. The second-order valence-electron chi connectivity index (χ2n) is 6.11. The first kappa shape index (κ1) is 17.3. The molecule has 0 spiro atoms. The van der Waals surface area contributed by atoms with Crippen molar-refractivity contribution < 1.29 is 9.52 Å². The van der Waals surface area contributed by atoms with Gasteiger partial charge in [0.1, 0.15) is 0 Å². The summed E-state index contributed by atoms with van der Waals surface area (Å²) in [4.78, 5) is 2.13. The Morgan fingerprint density at radius 2 is 1.84 bits per heavy atom. The second kappa shape index (κ2) is 8.55. The van der Waals surface area contributed by atoms with Crippen LogP contribution in [0.15, 0.2) is 59.0 Å². The van der Waals surface area contributed by atoms with Crippen molar-refractivity contribution >= 4 is 0 Å². The summed E-state index contributed by atoms with van der Waals surface area (Å²) in [5, 5.41) is 17.6. The molecule has 3 aromatic rings. The number of benzene rings is 2. The summed E-state index contributed by atoms with van der Waals surface area (Å²) in [6, 6.07) is 18.3. The van der Waals surface area contributed by atoms with Gasteiger partial charge in [-0.1, -0.05) is 48.0 Å². The number of aliphatic hydroxyl groups excluding tert-OH is 1. The quantitative estimate of drug-likeness (QED) is 0.684. The van der Waals surface area contributed by atoms with Gasteiger partial charge in [-0.3, -0.25) is 4.90 Å². The normalized spacial score (nSPS) is 11.2. The fraction of sp³-hybridized carbons (Fsp3) is 0.300. The Hall–Kier alpha value is -2.50. The minimum absolute atomic E-state index is 0.105. The molecular weight excluding hydrogens is 314 g/mol. The van der Waals surface area contributed by atoms with Crippen LogP contribution in [0.4, 0.5) is 0 Å². The smallest absolute Gasteiger partial charge is 0.247 e. The second-order valence-corrected chi connectivity index (χ2v) is 6.11. The van der Waals surface area contributed by atoms with Crippen molar-refractivity contribution in [3.05, 3.63) is 71.6 Å². The maximum Gasteiger partial charge on any atom is 0.247 e. The molecule has 0 aliphatic rings. The standard InChI is InChI=1S/C20H23N3O2/c1-16-6-5-9-18(14-16)20-22-21-19(25-20)15-23(12-13-24)11-10-17-7-3-2-4-8-17/h2-9,14,24H,10-13,15H2,1H3. The van der Waals surface area contributed by atoms with Crippen LogP contribution < -0.4 is 0 Å². The molecule has 0 unspecified atom stereocenters. The Morgan fingerprint density at radius 3 is 2.60 bits per heavy atom. The number of aromatic nitrogens is 2. The van der Waals surface area contributed by atoms with Gasteiger partial charge in [0.05, 0.1) is 13.2 Å². The largest absolute Gasteiger partial charge is 0.419 e. The van der Waals surface area contributed by atoms with Gasteiger partial charge >= 0.3 is 0 Å². The number of aryl methyl sites for hydroxylation is 1. The van der Waals surface area contributed by atoms with Crippen molar-refractivity contribution in [1.29, 1.82) is 0 Å². The van der Waals surface area contributed by atoms with E-state index in [-0.39, 0.29) is 6.61 Å². The average molecular weight is 337 g/mol. The van der Waals surface area contributed by atoms with Crippen molar-refractivity contribution in [3.63, 3.8) is 0 Å². The maximum absolute atomic E-state index is 9.32. The first-order valence-electron chi connectivity index (χ1n) is 8.51. The molecule has 1 N–H and O–H groups in total. The van der Waals surface area contributed by atoms with Gasteiger partial charge in [-0.2, -0.15) is 0 Å². The molecule has 0 amide bonds. The zero-order valence-corrected chi connectivity index (χ0v) is 14.4. The van der Waals surface area contributed by atoms with Crippen LogP contribution in [-0.4, -0.2) is 39.9 Å². The van der Waals surface area contributed by atoms with Crippen molar-refractivity contribution in [3.8, 4) is 11.5 Å². The summed E-state index contributed by atoms with van der Waals surface area (Å²) < 4.78 is 5.81. The van der Waals surface area contributed by atoms with Gasteiger partial charge in [-0.15, -0.1) is 10.2 Å². The molecule has 2 aromatic carbocycles. The highest BCUT2D eigenvalue weighted by Gasteiger charge is 2.13. The zero-order valence-electron chi connectivity index (χ0n) is 14.4. The van der Waals surface area contributed by atoms with Gasteiger partial charge in [0.2, 0.25) is 11.8 Å². The molecule has 0 radical (unpaired) electrons. The van der Waals surface area contributed by atoms with Crippen molar-refractivity contribution in [1.82, 2.24) is 15.1 Å². The van der Waals surface area contributed by atoms with Crippen LogP contribution in [-0.2, 0) is 13.0 Å². The van der Waals surface area contributed by atoms with Gasteiger partial charge in [0, 0.05) is 18.7 Å². The summed E-state index contributed by atoms with van der Waals surface area (Å²) >= 11 is 0. The van der Waals surface area contributed by atoms with E-state index < -0.39 is 0 Å². The van der Waals surface area contributed by atoms with E-state index in [1.807, 2.05) is 49.4 Å². The Bertz CT molecular complexity index is 786. The molecule has 5 nitrogen and oxygen atoms in total. The Labute approximate surface area is 147 Å². The molecule has 0 saturated heterocycles. The molecule has 25 heavy (non-hydrogen) atoms. The van der Waals surface area contributed by atoms with Crippen molar-refractivity contribution in [2.45, 2.75) is 19.9 Å². The van der Waals surface area contributed by atoms with E-state index in [0.717, 1.165) is 24.1 Å². The first-order valence-corrected chi connectivity index (χ1v) is 8.51. The minimum atomic E-state index is 0.105. The van der Waals surface area contributed by atoms with Crippen LogP contribution in [0.2, 0.25) is 0 Å². The van der Waals surface area contributed by atoms with Gasteiger partial charge < -0.3 is 9.52 Å². The molecule has 3 rings (SSSR count). The molecule has 1 heterocycles. The molecule has 5 heteroatoms. The Morgan fingerprint density at radius 1 is 1.00 bits per heavy atom. The van der Waals surface area contributed by atoms with E-state index in [9.17, 15) is 5.11 Å². The monoisotopic (exact) mass is 337 g/mol. The fourth-order valence-corrected chi connectivity index (χ4v) is 2.75. The van der Waals surface area contributed by atoms with Gasteiger partial charge in [0.15, 0.2) is 0 Å². The maximum atomic E-state index is 9.32. The SMILES string of the molecule is Cc1cccc(-c2nnc(CN(CCO)CCc3ccccc3)o2)c1. The third-order valence-electron chi connectivity index (χ3n) is 4.07. The van der Waals surface area contributed by atoms with E-state index >= 15 is 0 Å².